The van der Waals surface area contributed by atoms with Gasteiger partial charge < -0.3 is 4.90 Å². The van der Waals surface area contributed by atoms with Crippen LogP contribution in [-0.4, -0.2) is 36.1 Å². The van der Waals surface area contributed by atoms with E-state index in [4.69, 9.17) is 0 Å². The van der Waals surface area contributed by atoms with Crippen LogP contribution in [0.25, 0.3) is 0 Å². The van der Waals surface area contributed by atoms with E-state index in [1.54, 1.807) is 0 Å². The highest BCUT2D eigenvalue weighted by molar-refractivity contribution is 9.10. The Kier molecular flexibility index (Phi) is 4.75. The molecule has 3 heterocycles. The van der Waals surface area contributed by atoms with E-state index in [1.165, 1.54) is 9.35 Å². The van der Waals surface area contributed by atoms with Crippen molar-refractivity contribution in [2.75, 3.05) is 31.1 Å². The van der Waals surface area contributed by atoms with Gasteiger partial charge in [-0.15, -0.1) is 11.3 Å². The molecule has 0 atom stereocenters. The predicted octanol–water partition coefficient (Wildman–Crippen LogP) is 3.99. The standard InChI is InChI=1S/C14H15Br2N3S/c15-11-1-2-14(17-9-11)19-6-4-18(5-7-19)10-13-12(16)3-8-20-13/h1-3,8-9H,4-7,10H2. The van der Waals surface area contributed by atoms with Gasteiger partial charge in [0.1, 0.15) is 5.82 Å². The smallest absolute Gasteiger partial charge is 0.128 e. The highest BCUT2D eigenvalue weighted by Gasteiger charge is 2.18. The lowest BCUT2D eigenvalue weighted by Crippen LogP contribution is -2.46. The third kappa shape index (κ3) is 3.42. The first-order valence-corrected chi connectivity index (χ1v) is 8.99. The van der Waals surface area contributed by atoms with Crippen LogP contribution in [0.2, 0.25) is 0 Å². The van der Waals surface area contributed by atoms with Gasteiger partial charge in [-0.2, -0.15) is 0 Å². The summed E-state index contributed by atoms with van der Waals surface area (Å²) in [6.07, 6.45) is 1.87. The van der Waals surface area contributed by atoms with Crippen LogP contribution >= 0.6 is 43.2 Å². The number of anilines is 1. The largest absolute Gasteiger partial charge is 0.354 e. The van der Waals surface area contributed by atoms with E-state index >= 15 is 0 Å². The zero-order valence-electron chi connectivity index (χ0n) is 10.9. The highest BCUT2D eigenvalue weighted by Crippen LogP contribution is 2.25. The molecule has 1 aliphatic rings. The fraction of sp³-hybridized carbons (Fsp3) is 0.357. The topological polar surface area (TPSA) is 19.4 Å². The summed E-state index contributed by atoms with van der Waals surface area (Å²) in [5.74, 6) is 1.07. The molecular formula is C14H15Br2N3S. The first kappa shape index (κ1) is 14.5. The molecule has 0 N–H and O–H groups in total. The summed E-state index contributed by atoms with van der Waals surface area (Å²) in [5.41, 5.74) is 0. The van der Waals surface area contributed by atoms with Crippen molar-refractivity contribution in [3.63, 3.8) is 0 Å². The zero-order valence-corrected chi connectivity index (χ0v) is 14.9. The van der Waals surface area contributed by atoms with Crippen molar-refractivity contribution < 1.29 is 0 Å². The van der Waals surface area contributed by atoms with Gasteiger partial charge in [0.2, 0.25) is 0 Å². The van der Waals surface area contributed by atoms with E-state index in [-0.39, 0.29) is 0 Å². The van der Waals surface area contributed by atoms with E-state index in [1.807, 2.05) is 17.5 Å². The fourth-order valence-electron chi connectivity index (χ4n) is 2.33. The van der Waals surface area contributed by atoms with Crippen LogP contribution in [0.5, 0.6) is 0 Å². The Morgan fingerprint density at radius 2 is 1.90 bits per heavy atom. The van der Waals surface area contributed by atoms with E-state index < -0.39 is 0 Å². The molecule has 0 radical (unpaired) electrons. The average Bonchev–Trinajstić information content (AvgIpc) is 2.86. The minimum absolute atomic E-state index is 1.03. The van der Waals surface area contributed by atoms with Crippen molar-refractivity contribution >= 4 is 49.0 Å². The molecule has 1 aliphatic heterocycles. The molecule has 0 aliphatic carbocycles. The first-order valence-electron chi connectivity index (χ1n) is 6.53. The number of rotatable bonds is 3. The Morgan fingerprint density at radius 1 is 1.10 bits per heavy atom. The van der Waals surface area contributed by atoms with Gasteiger partial charge in [-0.05, 0) is 55.4 Å². The van der Waals surface area contributed by atoms with Crippen LogP contribution in [0.1, 0.15) is 4.88 Å². The maximum absolute atomic E-state index is 4.47. The molecule has 0 spiro atoms. The molecule has 20 heavy (non-hydrogen) atoms. The zero-order chi connectivity index (χ0) is 13.9. The summed E-state index contributed by atoms with van der Waals surface area (Å²) in [4.78, 5) is 10.7. The van der Waals surface area contributed by atoms with Crippen LogP contribution in [-0.2, 0) is 6.54 Å². The summed E-state index contributed by atoms with van der Waals surface area (Å²) in [6, 6.07) is 6.26. The second-order valence-corrected chi connectivity index (χ2v) is 7.56. The lowest BCUT2D eigenvalue weighted by atomic mass is 10.3. The Labute approximate surface area is 139 Å². The molecular weight excluding hydrogens is 402 g/mol. The van der Waals surface area contributed by atoms with E-state index in [2.05, 4.69) is 70.2 Å². The van der Waals surface area contributed by atoms with Crippen molar-refractivity contribution in [3.8, 4) is 0 Å². The van der Waals surface area contributed by atoms with Gasteiger partial charge in [0.15, 0.2) is 0 Å². The fourth-order valence-corrected chi connectivity index (χ4v) is 4.08. The van der Waals surface area contributed by atoms with Gasteiger partial charge in [-0.25, -0.2) is 4.98 Å². The molecule has 3 nitrogen and oxygen atoms in total. The lowest BCUT2D eigenvalue weighted by Gasteiger charge is -2.35. The lowest BCUT2D eigenvalue weighted by molar-refractivity contribution is 0.251. The third-order valence-corrected chi connectivity index (χ3v) is 5.85. The van der Waals surface area contributed by atoms with Crippen LogP contribution in [0.15, 0.2) is 38.7 Å². The molecule has 0 bridgehead atoms. The van der Waals surface area contributed by atoms with E-state index in [9.17, 15) is 0 Å². The third-order valence-electron chi connectivity index (χ3n) is 3.47. The van der Waals surface area contributed by atoms with Gasteiger partial charge in [0, 0.05) is 52.7 Å². The van der Waals surface area contributed by atoms with Crippen LogP contribution in [0.3, 0.4) is 0 Å². The number of hydrogen-bond acceptors (Lipinski definition) is 4. The molecule has 0 unspecified atom stereocenters. The quantitative estimate of drug-likeness (QED) is 0.753. The van der Waals surface area contributed by atoms with Crippen molar-refractivity contribution in [3.05, 3.63) is 43.6 Å². The second kappa shape index (κ2) is 6.56. The molecule has 2 aromatic rings. The molecule has 6 heteroatoms. The highest BCUT2D eigenvalue weighted by atomic mass is 79.9. The molecule has 0 saturated carbocycles. The molecule has 106 valence electrons. The van der Waals surface area contributed by atoms with Gasteiger partial charge in [-0.3, -0.25) is 4.90 Å². The van der Waals surface area contributed by atoms with Gasteiger partial charge >= 0.3 is 0 Å². The van der Waals surface area contributed by atoms with Crippen molar-refractivity contribution in [2.24, 2.45) is 0 Å². The normalized spacial score (nSPS) is 16.6. The molecule has 2 aromatic heterocycles. The van der Waals surface area contributed by atoms with Crippen molar-refractivity contribution in [2.45, 2.75) is 6.54 Å². The van der Waals surface area contributed by atoms with Gasteiger partial charge in [0.25, 0.3) is 0 Å². The average molecular weight is 417 g/mol. The number of thiophene rings is 1. The molecule has 1 fully saturated rings. The predicted molar refractivity (Wildman–Crippen MR) is 91.4 cm³/mol. The van der Waals surface area contributed by atoms with E-state index in [0.29, 0.717) is 0 Å². The summed E-state index contributed by atoms with van der Waals surface area (Å²) >= 11 is 8.86. The van der Waals surface area contributed by atoms with Crippen LogP contribution in [0, 0.1) is 0 Å². The Bertz CT molecular complexity index is 562. The number of halogens is 2. The van der Waals surface area contributed by atoms with Crippen molar-refractivity contribution in [1.29, 1.82) is 0 Å². The van der Waals surface area contributed by atoms with Crippen LogP contribution < -0.4 is 4.90 Å². The molecule has 0 amide bonds. The Morgan fingerprint density at radius 3 is 2.50 bits per heavy atom. The summed E-state index contributed by atoms with van der Waals surface area (Å²) in [6.45, 7) is 5.29. The molecule has 3 rings (SSSR count). The summed E-state index contributed by atoms with van der Waals surface area (Å²) in [7, 11) is 0. The SMILES string of the molecule is Brc1ccc(N2CCN(Cc3sccc3Br)CC2)nc1. The van der Waals surface area contributed by atoms with Gasteiger partial charge in [-0.1, -0.05) is 0 Å². The number of pyridine rings is 1. The Balaban J connectivity index is 1.57. The maximum Gasteiger partial charge on any atom is 0.128 e. The minimum Gasteiger partial charge on any atom is -0.354 e. The molecule has 1 saturated heterocycles. The monoisotopic (exact) mass is 415 g/mol. The summed E-state index contributed by atoms with van der Waals surface area (Å²) < 4.78 is 2.27. The van der Waals surface area contributed by atoms with E-state index in [0.717, 1.165) is 43.0 Å². The molecule has 0 aromatic carbocycles. The number of aromatic nitrogens is 1. The first-order chi connectivity index (χ1) is 9.72. The summed E-state index contributed by atoms with van der Waals surface area (Å²) in [5, 5.41) is 2.14. The minimum atomic E-state index is 1.03. The van der Waals surface area contributed by atoms with Crippen LogP contribution in [0.4, 0.5) is 5.82 Å². The number of hydrogen-bond donors (Lipinski definition) is 0. The number of piperazine rings is 1. The van der Waals surface area contributed by atoms with Gasteiger partial charge in [0.05, 0.1) is 0 Å². The van der Waals surface area contributed by atoms with Crippen molar-refractivity contribution in [1.82, 2.24) is 9.88 Å². The second-order valence-electron chi connectivity index (χ2n) is 4.79. The number of nitrogens with zero attached hydrogens (tertiary/aromatic N) is 3. The Hall–Kier alpha value is -0.430. The maximum atomic E-state index is 4.47.